The molecule has 1 fully saturated rings. The van der Waals surface area contributed by atoms with Gasteiger partial charge in [0.05, 0.1) is 7.11 Å². The normalized spacial score (nSPS) is 17.9. The zero-order chi connectivity index (χ0) is 14.3. The summed E-state index contributed by atoms with van der Waals surface area (Å²) >= 11 is 0. The van der Waals surface area contributed by atoms with Crippen LogP contribution in [0.25, 0.3) is 0 Å². The van der Waals surface area contributed by atoms with Crippen LogP contribution in [-0.4, -0.2) is 25.4 Å². The molecule has 3 nitrogen and oxygen atoms in total. The first-order chi connectivity index (χ1) is 9.78. The molecule has 2 N–H and O–H groups in total. The predicted molar refractivity (Wildman–Crippen MR) is 81.9 cm³/mol. The third kappa shape index (κ3) is 4.22. The highest BCUT2D eigenvalue weighted by atomic mass is 16.5. The largest absolute Gasteiger partial charge is 0.497 e. The molecule has 1 aromatic rings. The molecule has 3 heteroatoms. The van der Waals surface area contributed by atoms with Crippen LogP contribution in [0.15, 0.2) is 24.3 Å². The van der Waals surface area contributed by atoms with Gasteiger partial charge in [0, 0.05) is 19.7 Å². The average molecular weight is 277 g/mol. The number of nitrogens with one attached hydrogen (secondary N) is 1. The first-order valence-corrected chi connectivity index (χ1v) is 7.72. The van der Waals surface area contributed by atoms with Crippen molar-refractivity contribution in [2.45, 2.75) is 45.1 Å². The van der Waals surface area contributed by atoms with Crippen molar-refractivity contribution >= 4 is 0 Å². The number of hydrogen-bond acceptors (Lipinski definition) is 3. The van der Waals surface area contributed by atoms with E-state index in [1.54, 1.807) is 7.11 Å². The van der Waals surface area contributed by atoms with Gasteiger partial charge in [-0.1, -0.05) is 31.4 Å². The van der Waals surface area contributed by atoms with E-state index < -0.39 is 0 Å². The smallest absolute Gasteiger partial charge is 0.118 e. The third-order valence-electron chi connectivity index (χ3n) is 4.54. The Morgan fingerprint density at radius 3 is 2.45 bits per heavy atom. The molecule has 20 heavy (non-hydrogen) atoms. The number of ether oxygens (including phenoxy) is 1. The zero-order valence-electron chi connectivity index (χ0n) is 12.5. The van der Waals surface area contributed by atoms with E-state index >= 15 is 0 Å². The Balaban J connectivity index is 1.82. The summed E-state index contributed by atoms with van der Waals surface area (Å²) in [6.45, 7) is 2.21. The van der Waals surface area contributed by atoms with Crippen molar-refractivity contribution in [1.29, 1.82) is 0 Å². The zero-order valence-corrected chi connectivity index (χ0v) is 12.5. The molecule has 0 spiro atoms. The van der Waals surface area contributed by atoms with Gasteiger partial charge in [0.15, 0.2) is 0 Å². The van der Waals surface area contributed by atoms with Crippen LogP contribution >= 0.6 is 0 Å². The SMILES string of the molecule is COc1ccc(CNCC2(CCO)CCCCC2)cc1. The molecule has 1 aromatic carbocycles. The molecular weight excluding hydrogens is 250 g/mol. The van der Waals surface area contributed by atoms with Gasteiger partial charge in [-0.15, -0.1) is 0 Å². The second-order valence-electron chi connectivity index (χ2n) is 5.99. The molecule has 0 saturated heterocycles. The molecule has 0 amide bonds. The second kappa shape index (κ2) is 7.65. The van der Waals surface area contributed by atoms with E-state index in [4.69, 9.17) is 4.74 Å². The minimum atomic E-state index is 0.310. The molecule has 0 bridgehead atoms. The Labute approximate surface area is 122 Å². The molecule has 0 radical (unpaired) electrons. The highest BCUT2D eigenvalue weighted by Gasteiger charge is 2.30. The van der Waals surface area contributed by atoms with E-state index in [2.05, 4.69) is 17.4 Å². The molecule has 1 saturated carbocycles. The molecule has 112 valence electrons. The lowest BCUT2D eigenvalue weighted by molar-refractivity contribution is 0.126. The van der Waals surface area contributed by atoms with E-state index in [0.717, 1.165) is 25.3 Å². The summed E-state index contributed by atoms with van der Waals surface area (Å²) in [7, 11) is 1.69. The average Bonchev–Trinajstić information content (AvgIpc) is 2.49. The van der Waals surface area contributed by atoms with E-state index in [9.17, 15) is 5.11 Å². The molecule has 0 aromatic heterocycles. The minimum Gasteiger partial charge on any atom is -0.497 e. The molecule has 0 heterocycles. The molecule has 2 rings (SSSR count). The van der Waals surface area contributed by atoms with Gasteiger partial charge in [0.25, 0.3) is 0 Å². The van der Waals surface area contributed by atoms with Crippen LogP contribution in [0.1, 0.15) is 44.1 Å². The van der Waals surface area contributed by atoms with Crippen LogP contribution in [0.4, 0.5) is 0 Å². The summed E-state index contributed by atoms with van der Waals surface area (Å²) in [5.41, 5.74) is 1.60. The fourth-order valence-electron chi connectivity index (χ4n) is 3.27. The number of hydrogen-bond donors (Lipinski definition) is 2. The summed E-state index contributed by atoms with van der Waals surface area (Å²) in [6.07, 6.45) is 7.41. The van der Waals surface area contributed by atoms with E-state index in [1.807, 2.05) is 12.1 Å². The molecule has 0 aliphatic heterocycles. The van der Waals surface area contributed by atoms with Crippen LogP contribution < -0.4 is 10.1 Å². The second-order valence-corrected chi connectivity index (χ2v) is 5.99. The number of benzene rings is 1. The highest BCUT2D eigenvalue weighted by Crippen LogP contribution is 2.38. The highest BCUT2D eigenvalue weighted by molar-refractivity contribution is 5.27. The summed E-state index contributed by atoms with van der Waals surface area (Å²) < 4.78 is 5.17. The van der Waals surface area contributed by atoms with Crippen LogP contribution in [0.3, 0.4) is 0 Å². The van der Waals surface area contributed by atoms with Crippen molar-refractivity contribution in [3.8, 4) is 5.75 Å². The lowest BCUT2D eigenvalue weighted by atomic mass is 9.72. The third-order valence-corrected chi connectivity index (χ3v) is 4.54. The molecule has 0 unspecified atom stereocenters. The Morgan fingerprint density at radius 2 is 1.85 bits per heavy atom. The number of aliphatic hydroxyl groups excluding tert-OH is 1. The lowest BCUT2D eigenvalue weighted by Crippen LogP contribution is -2.36. The lowest BCUT2D eigenvalue weighted by Gasteiger charge is -2.37. The van der Waals surface area contributed by atoms with Gasteiger partial charge in [-0.25, -0.2) is 0 Å². The van der Waals surface area contributed by atoms with Gasteiger partial charge >= 0.3 is 0 Å². The van der Waals surface area contributed by atoms with Gasteiger partial charge in [-0.05, 0) is 42.4 Å². The standard InChI is InChI=1S/C17H27NO2/c1-20-16-7-5-15(6-8-16)13-18-14-17(11-12-19)9-3-2-4-10-17/h5-8,18-19H,2-4,9-14H2,1H3. The van der Waals surface area contributed by atoms with Gasteiger partial charge in [-0.2, -0.15) is 0 Å². The number of methoxy groups -OCH3 is 1. The quantitative estimate of drug-likeness (QED) is 0.804. The van der Waals surface area contributed by atoms with Gasteiger partial charge < -0.3 is 15.2 Å². The Kier molecular flexibility index (Phi) is 5.86. The van der Waals surface area contributed by atoms with Crippen molar-refractivity contribution in [2.75, 3.05) is 20.3 Å². The van der Waals surface area contributed by atoms with Crippen LogP contribution in [0.5, 0.6) is 5.75 Å². The Morgan fingerprint density at radius 1 is 1.15 bits per heavy atom. The number of aliphatic hydroxyl groups is 1. The van der Waals surface area contributed by atoms with E-state index in [1.165, 1.54) is 37.7 Å². The van der Waals surface area contributed by atoms with Crippen molar-refractivity contribution < 1.29 is 9.84 Å². The maximum Gasteiger partial charge on any atom is 0.118 e. The molecule has 1 aliphatic carbocycles. The molecule has 1 aliphatic rings. The summed E-state index contributed by atoms with van der Waals surface area (Å²) in [4.78, 5) is 0. The minimum absolute atomic E-state index is 0.310. The Bertz CT molecular complexity index is 377. The van der Waals surface area contributed by atoms with Gasteiger partial charge in [0.2, 0.25) is 0 Å². The first kappa shape index (κ1) is 15.3. The topological polar surface area (TPSA) is 41.5 Å². The Hall–Kier alpha value is -1.06. The van der Waals surface area contributed by atoms with Crippen LogP contribution in [0, 0.1) is 5.41 Å². The fourth-order valence-corrected chi connectivity index (χ4v) is 3.27. The maximum absolute atomic E-state index is 9.32. The van der Waals surface area contributed by atoms with Crippen molar-refractivity contribution in [3.63, 3.8) is 0 Å². The van der Waals surface area contributed by atoms with Crippen molar-refractivity contribution in [2.24, 2.45) is 5.41 Å². The fraction of sp³-hybridized carbons (Fsp3) is 0.647. The summed E-state index contributed by atoms with van der Waals surface area (Å²) in [6, 6.07) is 8.21. The summed E-state index contributed by atoms with van der Waals surface area (Å²) in [5.74, 6) is 0.901. The predicted octanol–water partition coefficient (Wildman–Crippen LogP) is 3.12. The monoisotopic (exact) mass is 277 g/mol. The van der Waals surface area contributed by atoms with E-state index in [-0.39, 0.29) is 0 Å². The van der Waals surface area contributed by atoms with Gasteiger partial charge in [-0.3, -0.25) is 0 Å². The molecule has 0 atom stereocenters. The number of rotatable bonds is 7. The maximum atomic E-state index is 9.32. The van der Waals surface area contributed by atoms with Gasteiger partial charge in [0.1, 0.15) is 5.75 Å². The van der Waals surface area contributed by atoms with Crippen molar-refractivity contribution in [1.82, 2.24) is 5.32 Å². The molecular formula is C17H27NO2. The summed E-state index contributed by atoms with van der Waals surface area (Å²) in [5, 5.41) is 12.9. The first-order valence-electron chi connectivity index (χ1n) is 7.72. The van der Waals surface area contributed by atoms with E-state index in [0.29, 0.717) is 12.0 Å². The van der Waals surface area contributed by atoms with Crippen molar-refractivity contribution in [3.05, 3.63) is 29.8 Å². The van der Waals surface area contributed by atoms with Crippen LogP contribution in [0.2, 0.25) is 0 Å². The van der Waals surface area contributed by atoms with Crippen LogP contribution in [-0.2, 0) is 6.54 Å².